The van der Waals surface area contributed by atoms with Gasteiger partial charge in [0.25, 0.3) is 5.56 Å². The zero-order valence-electron chi connectivity index (χ0n) is 7.29. The molecule has 0 atom stereocenters. The molecule has 0 unspecified atom stereocenters. The van der Waals surface area contributed by atoms with Crippen LogP contribution in [0.3, 0.4) is 0 Å². The minimum Gasteiger partial charge on any atom is -0.398 e. The van der Waals surface area contributed by atoms with Gasteiger partial charge in [-0.25, -0.2) is 0 Å². The van der Waals surface area contributed by atoms with Crippen molar-refractivity contribution in [1.29, 1.82) is 0 Å². The van der Waals surface area contributed by atoms with Crippen LogP contribution in [0.25, 0.3) is 10.8 Å². The van der Waals surface area contributed by atoms with Crippen LogP contribution in [0.2, 0.25) is 0 Å². The van der Waals surface area contributed by atoms with Gasteiger partial charge in [-0.1, -0.05) is 0 Å². The highest BCUT2D eigenvalue weighted by Gasteiger charge is 2.00. The van der Waals surface area contributed by atoms with E-state index in [2.05, 4.69) is 4.98 Å². The van der Waals surface area contributed by atoms with Crippen LogP contribution >= 0.6 is 0 Å². The Morgan fingerprint density at radius 1 is 1.38 bits per heavy atom. The number of aromatic nitrogens is 1. The molecule has 0 aliphatic heterocycles. The highest BCUT2D eigenvalue weighted by atomic mass is 16.1. The first-order chi connectivity index (χ1) is 6.18. The number of aromatic amines is 1. The molecule has 0 radical (unpaired) electrons. The predicted octanol–water partition coefficient (Wildman–Crippen LogP) is 1.42. The van der Waals surface area contributed by atoms with Gasteiger partial charge in [-0.3, -0.25) is 4.79 Å². The van der Waals surface area contributed by atoms with Crippen LogP contribution < -0.4 is 11.3 Å². The summed E-state index contributed by atoms with van der Waals surface area (Å²) in [7, 11) is 0. The van der Waals surface area contributed by atoms with Gasteiger partial charge in [0, 0.05) is 17.3 Å². The summed E-state index contributed by atoms with van der Waals surface area (Å²) in [4.78, 5) is 13.9. The Bertz CT molecular complexity index is 514. The largest absolute Gasteiger partial charge is 0.398 e. The molecule has 0 amide bonds. The lowest BCUT2D eigenvalue weighted by atomic mass is 10.1. The summed E-state index contributed by atoms with van der Waals surface area (Å²) in [6.07, 6.45) is 1.64. The lowest BCUT2D eigenvalue weighted by Gasteiger charge is -2.01. The van der Waals surface area contributed by atoms with Crippen LogP contribution in [-0.2, 0) is 0 Å². The van der Waals surface area contributed by atoms with E-state index in [0.717, 1.165) is 10.9 Å². The molecule has 3 heteroatoms. The van der Waals surface area contributed by atoms with Crippen LogP contribution in [0.15, 0.2) is 29.2 Å². The molecule has 66 valence electrons. The van der Waals surface area contributed by atoms with E-state index in [1.165, 1.54) is 0 Å². The van der Waals surface area contributed by atoms with Crippen LogP contribution in [0.5, 0.6) is 0 Å². The molecule has 2 aromatic rings. The number of rotatable bonds is 0. The molecule has 0 saturated carbocycles. The summed E-state index contributed by atoms with van der Waals surface area (Å²) < 4.78 is 0. The van der Waals surface area contributed by atoms with E-state index in [9.17, 15) is 4.79 Å². The Morgan fingerprint density at radius 3 is 2.92 bits per heavy atom. The normalized spacial score (nSPS) is 10.5. The zero-order valence-corrected chi connectivity index (χ0v) is 7.29. The summed E-state index contributed by atoms with van der Waals surface area (Å²) >= 11 is 0. The fraction of sp³-hybridized carbons (Fsp3) is 0.100. The number of pyridine rings is 1. The number of fused-ring (bicyclic) bond motifs is 1. The van der Waals surface area contributed by atoms with Gasteiger partial charge in [0.05, 0.1) is 0 Å². The molecule has 13 heavy (non-hydrogen) atoms. The van der Waals surface area contributed by atoms with Crippen molar-refractivity contribution in [3.63, 3.8) is 0 Å². The predicted molar refractivity (Wildman–Crippen MR) is 53.7 cm³/mol. The first-order valence-electron chi connectivity index (χ1n) is 4.06. The summed E-state index contributed by atoms with van der Waals surface area (Å²) in [6.45, 7) is 1.93. The van der Waals surface area contributed by atoms with Crippen molar-refractivity contribution in [2.24, 2.45) is 0 Å². The molecule has 2 rings (SSSR count). The Morgan fingerprint density at radius 2 is 2.15 bits per heavy atom. The number of hydrogen-bond donors (Lipinski definition) is 2. The molecule has 0 aliphatic carbocycles. The van der Waals surface area contributed by atoms with Crippen molar-refractivity contribution in [3.8, 4) is 0 Å². The summed E-state index contributed by atoms with van der Waals surface area (Å²) in [5.41, 5.74) is 7.26. The molecular formula is C10H10N2O. The van der Waals surface area contributed by atoms with E-state index >= 15 is 0 Å². The first kappa shape index (κ1) is 7.86. The third-order valence-corrected chi connectivity index (χ3v) is 2.16. The summed E-state index contributed by atoms with van der Waals surface area (Å²) in [5, 5.41) is 1.57. The molecule has 3 nitrogen and oxygen atoms in total. The van der Waals surface area contributed by atoms with Crippen molar-refractivity contribution in [2.75, 3.05) is 5.73 Å². The molecule has 0 fully saturated rings. The number of nitrogens with two attached hydrogens (primary N) is 1. The Labute approximate surface area is 75.2 Å². The average Bonchev–Trinajstić information content (AvgIpc) is 2.09. The highest BCUT2D eigenvalue weighted by Crippen LogP contribution is 2.17. The van der Waals surface area contributed by atoms with Gasteiger partial charge >= 0.3 is 0 Å². The van der Waals surface area contributed by atoms with Crippen LogP contribution in [0.1, 0.15) is 5.56 Å². The molecule has 0 saturated heterocycles. The minimum atomic E-state index is -0.0933. The SMILES string of the molecule is Cc1cc2cc[nH]c(=O)c2cc1N. The minimum absolute atomic E-state index is 0.0933. The number of aryl methyl sites for hydroxylation is 1. The number of nitrogens with one attached hydrogen (secondary N) is 1. The van der Waals surface area contributed by atoms with Gasteiger partial charge < -0.3 is 10.7 Å². The van der Waals surface area contributed by atoms with E-state index in [-0.39, 0.29) is 5.56 Å². The second-order valence-electron chi connectivity index (χ2n) is 3.10. The maximum absolute atomic E-state index is 11.3. The van der Waals surface area contributed by atoms with Gasteiger partial charge in [-0.05, 0) is 36.1 Å². The maximum atomic E-state index is 11.3. The van der Waals surface area contributed by atoms with Crippen LogP contribution in [0.4, 0.5) is 5.69 Å². The second-order valence-corrected chi connectivity index (χ2v) is 3.10. The average molecular weight is 174 g/mol. The molecular weight excluding hydrogens is 164 g/mol. The van der Waals surface area contributed by atoms with Crippen molar-refractivity contribution in [3.05, 3.63) is 40.3 Å². The fourth-order valence-corrected chi connectivity index (χ4v) is 1.37. The third kappa shape index (κ3) is 1.18. The second kappa shape index (κ2) is 2.62. The fourth-order valence-electron chi connectivity index (χ4n) is 1.37. The third-order valence-electron chi connectivity index (χ3n) is 2.16. The number of hydrogen-bond acceptors (Lipinski definition) is 2. The van der Waals surface area contributed by atoms with Crippen molar-refractivity contribution in [2.45, 2.75) is 6.92 Å². The van der Waals surface area contributed by atoms with E-state index in [1.54, 1.807) is 12.3 Å². The highest BCUT2D eigenvalue weighted by molar-refractivity contribution is 5.85. The molecule has 1 aromatic carbocycles. The van der Waals surface area contributed by atoms with Gasteiger partial charge in [0.2, 0.25) is 0 Å². The molecule has 0 aliphatic rings. The van der Waals surface area contributed by atoms with Crippen LogP contribution in [-0.4, -0.2) is 4.98 Å². The molecule has 0 bridgehead atoms. The van der Waals surface area contributed by atoms with Crippen molar-refractivity contribution >= 4 is 16.5 Å². The van der Waals surface area contributed by atoms with E-state index in [1.807, 2.05) is 19.1 Å². The lowest BCUT2D eigenvalue weighted by Crippen LogP contribution is -2.05. The Kier molecular flexibility index (Phi) is 1.59. The van der Waals surface area contributed by atoms with Crippen molar-refractivity contribution in [1.82, 2.24) is 4.98 Å². The first-order valence-corrected chi connectivity index (χ1v) is 4.06. The van der Waals surface area contributed by atoms with Gasteiger partial charge in [-0.2, -0.15) is 0 Å². The van der Waals surface area contributed by atoms with E-state index in [0.29, 0.717) is 11.1 Å². The summed E-state index contributed by atoms with van der Waals surface area (Å²) in [6, 6.07) is 5.49. The molecule has 3 N–H and O–H groups in total. The monoisotopic (exact) mass is 174 g/mol. The molecule has 1 aromatic heterocycles. The van der Waals surface area contributed by atoms with Crippen molar-refractivity contribution < 1.29 is 0 Å². The topological polar surface area (TPSA) is 58.9 Å². The van der Waals surface area contributed by atoms with E-state index in [4.69, 9.17) is 5.73 Å². The number of H-pyrrole nitrogens is 1. The maximum Gasteiger partial charge on any atom is 0.255 e. The van der Waals surface area contributed by atoms with Gasteiger partial charge in [-0.15, -0.1) is 0 Å². The van der Waals surface area contributed by atoms with Crippen LogP contribution in [0, 0.1) is 6.92 Å². The number of anilines is 1. The number of nitrogen functional groups attached to an aromatic ring is 1. The smallest absolute Gasteiger partial charge is 0.255 e. The molecule has 1 heterocycles. The van der Waals surface area contributed by atoms with Gasteiger partial charge in [0.1, 0.15) is 0 Å². The zero-order chi connectivity index (χ0) is 9.42. The number of benzene rings is 1. The lowest BCUT2D eigenvalue weighted by molar-refractivity contribution is 1.27. The van der Waals surface area contributed by atoms with E-state index < -0.39 is 0 Å². The summed E-state index contributed by atoms with van der Waals surface area (Å²) in [5.74, 6) is 0. The molecule has 0 spiro atoms. The quantitative estimate of drug-likeness (QED) is 0.593. The Balaban J connectivity index is 2.97. The Hall–Kier alpha value is -1.77. The standard InChI is InChI=1S/C10H10N2O/c1-6-4-7-2-3-12-10(13)8(7)5-9(6)11/h2-5H,11H2,1H3,(H,12,13). The van der Waals surface area contributed by atoms with Gasteiger partial charge in [0.15, 0.2) is 0 Å².